The minimum atomic E-state index is -0.945. The van der Waals surface area contributed by atoms with E-state index < -0.39 is 18.3 Å². The van der Waals surface area contributed by atoms with Crippen molar-refractivity contribution in [3.05, 3.63) is 0 Å². The van der Waals surface area contributed by atoms with E-state index in [0.29, 0.717) is 18.9 Å². The van der Waals surface area contributed by atoms with Crippen LogP contribution in [0, 0.1) is 58.2 Å². The highest BCUT2D eigenvalue weighted by Gasteiger charge is 2.63. The molecule has 4 fully saturated rings. The predicted molar refractivity (Wildman–Crippen MR) is 129 cm³/mol. The van der Waals surface area contributed by atoms with Crippen molar-refractivity contribution in [1.82, 2.24) is 0 Å². The summed E-state index contributed by atoms with van der Waals surface area (Å²) in [5, 5.41) is 31.9. The number of ether oxygens (including phenoxy) is 1. The second kappa shape index (κ2) is 9.15. The van der Waals surface area contributed by atoms with Crippen LogP contribution in [0.1, 0.15) is 80.1 Å². The molecule has 1 aliphatic heterocycles. The van der Waals surface area contributed by atoms with Crippen LogP contribution >= 0.6 is 0 Å². The number of carbonyl (C=O) groups excluding carboxylic acids is 2. The summed E-state index contributed by atoms with van der Waals surface area (Å²) in [4.78, 5) is 26.0. The Kier molecular flexibility index (Phi) is 7.02. The Morgan fingerprint density at radius 3 is 2.29 bits per heavy atom. The minimum absolute atomic E-state index is 0.0156. The molecule has 3 saturated carbocycles. The molecule has 1 saturated heterocycles. The first kappa shape index (κ1) is 26.1. The molecule has 0 bridgehead atoms. The van der Waals surface area contributed by atoms with E-state index >= 15 is 0 Å². The molecule has 0 radical (unpaired) electrons. The van der Waals surface area contributed by atoms with Gasteiger partial charge in [-0.05, 0) is 84.9 Å². The summed E-state index contributed by atoms with van der Waals surface area (Å²) < 4.78 is 5.85. The van der Waals surface area contributed by atoms with Gasteiger partial charge in [0.2, 0.25) is 0 Å². The maximum atomic E-state index is 13.0. The van der Waals surface area contributed by atoms with E-state index in [1.807, 2.05) is 27.7 Å². The fourth-order valence-electron chi connectivity index (χ4n) is 8.77. The number of hydrogen-bond acceptors (Lipinski definition) is 6. The molecule has 34 heavy (non-hydrogen) atoms. The van der Waals surface area contributed by atoms with Gasteiger partial charge in [-0.3, -0.25) is 9.59 Å². The van der Waals surface area contributed by atoms with Crippen LogP contribution in [0.25, 0.3) is 0 Å². The van der Waals surface area contributed by atoms with Crippen LogP contribution in [0.2, 0.25) is 0 Å². The first-order valence-electron chi connectivity index (χ1n) is 13.6. The summed E-state index contributed by atoms with van der Waals surface area (Å²) in [6.45, 7) is 12.9. The van der Waals surface area contributed by atoms with Crippen LogP contribution in [0.4, 0.5) is 0 Å². The number of esters is 1. The Hall–Kier alpha value is -0.980. The topological polar surface area (TPSA) is 104 Å². The summed E-state index contributed by atoms with van der Waals surface area (Å²) in [5.74, 6) is 0.356. The number of aliphatic hydroxyl groups is 3. The Morgan fingerprint density at radius 1 is 1.00 bits per heavy atom. The number of rotatable bonds is 5. The van der Waals surface area contributed by atoms with Crippen LogP contribution in [-0.2, 0) is 14.3 Å². The van der Waals surface area contributed by atoms with Gasteiger partial charge in [-0.15, -0.1) is 0 Å². The van der Waals surface area contributed by atoms with Gasteiger partial charge in [0.15, 0.2) is 5.78 Å². The molecule has 12 unspecified atom stereocenters. The number of fused-ring (bicyclic) bond motifs is 5. The Bertz CT molecular complexity index is 796. The standard InChI is InChI=1S/C28H46O6/c1-14(2)15(3)24(31)25(32)16(4)18-7-8-19-17-13-34-26(33)21-11-22(29)23(30)12-28(21,6)20(17)9-10-27(18,19)5/h14-23,25,29-30,32H,7-13H2,1-6H3. The largest absolute Gasteiger partial charge is 0.465 e. The lowest BCUT2D eigenvalue weighted by Crippen LogP contribution is -2.54. The van der Waals surface area contributed by atoms with Gasteiger partial charge in [0.1, 0.15) is 6.10 Å². The minimum Gasteiger partial charge on any atom is -0.465 e. The highest BCUT2D eigenvalue weighted by molar-refractivity contribution is 5.85. The average molecular weight is 479 g/mol. The molecular weight excluding hydrogens is 432 g/mol. The van der Waals surface area contributed by atoms with Gasteiger partial charge < -0.3 is 20.1 Å². The molecule has 4 rings (SSSR count). The maximum Gasteiger partial charge on any atom is 0.309 e. The highest BCUT2D eigenvalue weighted by atomic mass is 16.5. The first-order valence-corrected chi connectivity index (χ1v) is 13.6. The molecule has 1 heterocycles. The summed E-state index contributed by atoms with van der Waals surface area (Å²) in [6.07, 6.45) is 1.99. The third kappa shape index (κ3) is 3.96. The van der Waals surface area contributed by atoms with Crippen molar-refractivity contribution in [2.45, 2.75) is 98.4 Å². The first-order chi connectivity index (χ1) is 15.8. The maximum absolute atomic E-state index is 13.0. The van der Waals surface area contributed by atoms with Gasteiger partial charge in [-0.1, -0.05) is 41.5 Å². The molecule has 0 aromatic rings. The second-order valence-electron chi connectivity index (χ2n) is 13.1. The van der Waals surface area contributed by atoms with E-state index in [1.54, 1.807) is 0 Å². The van der Waals surface area contributed by atoms with Gasteiger partial charge >= 0.3 is 5.97 Å². The lowest BCUT2D eigenvalue weighted by molar-refractivity contribution is -0.162. The Labute approximate surface area is 204 Å². The number of cyclic esters (lactones) is 1. The number of aliphatic hydroxyl groups excluding tert-OH is 3. The monoisotopic (exact) mass is 478 g/mol. The zero-order valence-electron chi connectivity index (χ0n) is 21.9. The van der Waals surface area contributed by atoms with E-state index in [2.05, 4.69) is 13.8 Å². The summed E-state index contributed by atoms with van der Waals surface area (Å²) in [7, 11) is 0. The van der Waals surface area contributed by atoms with Crippen molar-refractivity contribution in [2.75, 3.05) is 6.61 Å². The van der Waals surface area contributed by atoms with Gasteiger partial charge in [0, 0.05) is 5.92 Å². The summed E-state index contributed by atoms with van der Waals surface area (Å²) in [6, 6.07) is 0. The molecule has 6 heteroatoms. The van der Waals surface area contributed by atoms with Crippen molar-refractivity contribution >= 4 is 11.8 Å². The summed E-state index contributed by atoms with van der Waals surface area (Å²) >= 11 is 0. The smallest absolute Gasteiger partial charge is 0.309 e. The third-order valence-electron chi connectivity index (χ3n) is 11.3. The zero-order valence-corrected chi connectivity index (χ0v) is 21.9. The van der Waals surface area contributed by atoms with E-state index in [1.165, 1.54) is 0 Å². The molecule has 12 atom stereocenters. The van der Waals surface area contributed by atoms with Crippen LogP contribution < -0.4 is 0 Å². The van der Waals surface area contributed by atoms with Crippen molar-refractivity contribution < 1.29 is 29.6 Å². The Morgan fingerprint density at radius 2 is 1.65 bits per heavy atom. The molecular formula is C28H46O6. The second-order valence-corrected chi connectivity index (χ2v) is 13.1. The molecule has 4 aliphatic rings. The molecule has 0 aromatic heterocycles. The van der Waals surface area contributed by atoms with Crippen molar-refractivity contribution in [3.63, 3.8) is 0 Å². The molecule has 0 spiro atoms. The number of hydrogen-bond donors (Lipinski definition) is 3. The van der Waals surface area contributed by atoms with Gasteiger partial charge in [0.25, 0.3) is 0 Å². The third-order valence-corrected chi connectivity index (χ3v) is 11.3. The van der Waals surface area contributed by atoms with Crippen LogP contribution in [-0.4, -0.2) is 52.0 Å². The van der Waals surface area contributed by atoms with E-state index in [-0.39, 0.29) is 70.4 Å². The van der Waals surface area contributed by atoms with Gasteiger partial charge in [-0.2, -0.15) is 0 Å². The molecule has 3 aliphatic carbocycles. The van der Waals surface area contributed by atoms with E-state index in [4.69, 9.17) is 4.74 Å². The molecule has 0 aromatic carbocycles. The van der Waals surface area contributed by atoms with Crippen LogP contribution in [0.15, 0.2) is 0 Å². The number of ketones is 1. The quantitative estimate of drug-likeness (QED) is 0.522. The highest BCUT2D eigenvalue weighted by Crippen LogP contribution is 2.66. The molecule has 6 nitrogen and oxygen atoms in total. The van der Waals surface area contributed by atoms with E-state index in [9.17, 15) is 24.9 Å². The predicted octanol–water partition coefficient (Wildman–Crippen LogP) is 3.60. The zero-order chi connectivity index (χ0) is 25.2. The molecule has 0 amide bonds. The lowest BCUT2D eigenvalue weighted by Gasteiger charge is -2.56. The SMILES string of the molecule is CC(C)C(C)C(=O)C(O)C(C)C1CCC2C3COC(=O)C4CC(O)C(O)CC4(C)C3CCC12C. The fraction of sp³-hybridized carbons (Fsp3) is 0.929. The molecule has 194 valence electrons. The Balaban J connectivity index is 1.58. The molecule has 3 N–H and O–H groups in total. The normalized spacial score (nSPS) is 47.0. The van der Waals surface area contributed by atoms with Crippen molar-refractivity contribution in [3.8, 4) is 0 Å². The van der Waals surface area contributed by atoms with Gasteiger partial charge in [0.05, 0.1) is 24.7 Å². The van der Waals surface area contributed by atoms with Crippen LogP contribution in [0.5, 0.6) is 0 Å². The van der Waals surface area contributed by atoms with Crippen LogP contribution in [0.3, 0.4) is 0 Å². The average Bonchev–Trinajstić information content (AvgIpc) is 3.09. The lowest BCUT2D eigenvalue weighted by atomic mass is 9.48. The fourth-order valence-corrected chi connectivity index (χ4v) is 8.77. The summed E-state index contributed by atoms with van der Waals surface area (Å²) in [5.41, 5.74) is -0.400. The van der Waals surface area contributed by atoms with Crippen molar-refractivity contribution in [1.29, 1.82) is 0 Å². The van der Waals surface area contributed by atoms with Gasteiger partial charge in [-0.25, -0.2) is 0 Å². The van der Waals surface area contributed by atoms with E-state index in [0.717, 1.165) is 25.7 Å². The number of carbonyl (C=O) groups is 2. The van der Waals surface area contributed by atoms with Crippen molar-refractivity contribution in [2.24, 2.45) is 58.2 Å². The number of Topliss-reactive ketones (excluding diaryl/α,β-unsaturated/α-hetero) is 1.